The Kier molecular flexibility index (Phi) is 4.91. The summed E-state index contributed by atoms with van der Waals surface area (Å²) in [6.45, 7) is 2.59. The topological polar surface area (TPSA) is 52.9 Å². The monoisotopic (exact) mass is 284 g/mol. The summed E-state index contributed by atoms with van der Waals surface area (Å²) in [6, 6.07) is 15.3. The van der Waals surface area contributed by atoms with Gasteiger partial charge in [-0.25, -0.2) is 0 Å². The molecule has 1 aromatic heterocycles. The molecule has 0 saturated heterocycles. The lowest BCUT2D eigenvalue weighted by atomic mass is 10.00. The molecule has 0 aliphatic heterocycles. The number of carbonyl (C=O) groups is 1. The van der Waals surface area contributed by atoms with Crippen molar-refractivity contribution in [2.75, 3.05) is 0 Å². The summed E-state index contributed by atoms with van der Waals surface area (Å²) in [5, 5.41) is 12.0. The van der Waals surface area contributed by atoms with Crippen molar-refractivity contribution < 1.29 is 4.79 Å². The van der Waals surface area contributed by atoms with Gasteiger partial charge in [-0.1, -0.05) is 37.3 Å². The van der Waals surface area contributed by atoms with Crippen LogP contribution in [0.4, 0.5) is 0 Å². The fourth-order valence-electron chi connectivity index (χ4n) is 1.91. The van der Waals surface area contributed by atoms with Gasteiger partial charge in [-0.3, -0.25) is 4.79 Å². The van der Waals surface area contributed by atoms with E-state index in [1.807, 2.05) is 24.3 Å². The molecule has 0 bridgehead atoms. The van der Waals surface area contributed by atoms with E-state index < -0.39 is 5.92 Å². The van der Waals surface area contributed by atoms with Crippen molar-refractivity contribution in [1.29, 1.82) is 5.26 Å². The average Bonchev–Trinajstić information content (AvgIpc) is 2.95. The van der Waals surface area contributed by atoms with Gasteiger partial charge in [0.1, 0.15) is 5.92 Å². The molecular weight excluding hydrogens is 268 g/mol. The van der Waals surface area contributed by atoms with Crippen LogP contribution in [0.2, 0.25) is 0 Å². The number of rotatable bonds is 5. The number of benzene rings is 1. The predicted octanol–water partition coefficient (Wildman–Crippen LogP) is 3.23. The fourth-order valence-corrected chi connectivity index (χ4v) is 2.81. The number of hydrogen-bond donors (Lipinski definition) is 1. The highest BCUT2D eigenvalue weighted by Crippen LogP contribution is 2.18. The lowest BCUT2D eigenvalue weighted by molar-refractivity contribution is -0.121. The summed E-state index contributed by atoms with van der Waals surface area (Å²) < 4.78 is 0. The molecule has 0 aliphatic rings. The minimum absolute atomic E-state index is 0.245. The molecule has 20 heavy (non-hydrogen) atoms. The van der Waals surface area contributed by atoms with Crippen molar-refractivity contribution in [3.05, 3.63) is 57.8 Å². The molecule has 0 saturated carbocycles. The molecule has 0 fully saturated rings. The van der Waals surface area contributed by atoms with Crippen LogP contribution in [0, 0.1) is 11.3 Å². The van der Waals surface area contributed by atoms with Gasteiger partial charge < -0.3 is 5.32 Å². The van der Waals surface area contributed by atoms with Crippen LogP contribution in [0.15, 0.2) is 42.5 Å². The SMILES string of the molecule is CCc1ccc(CNC(=O)C(C#N)c2ccccc2)s1. The summed E-state index contributed by atoms with van der Waals surface area (Å²) in [5.41, 5.74) is 0.730. The summed E-state index contributed by atoms with van der Waals surface area (Å²) in [6.07, 6.45) is 1.00. The Balaban J connectivity index is 1.98. The van der Waals surface area contributed by atoms with E-state index in [0.29, 0.717) is 6.54 Å². The van der Waals surface area contributed by atoms with Crippen LogP contribution < -0.4 is 5.32 Å². The zero-order valence-corrected chi connectivity index (χ0v) is 12.1. The highest BCUT2D eigenvalue weighted by Gasteiger charge is 2.19. The van der Waals surface area contributed by atoms with E-state index in [0.717, 1.165) is 16.9 Å². The molecule has 1 aromatic carbocycles. The van der Waals surface area contributed by atoms with Gasteiger partial charge in [0.15, 0.2) is 0 Å². The summed E-state index contributed by atoms with van der Waals surface area (Å²) in [5.74, 6) is -0.994. The highest BCUT2D eigenvalue weighted by atomic mass is 32.1. The van der Waals surface area contributed by atoms with E-state index in [1.165, 1.54) is 4.88 Å². The molecule has 0 radical (unpaired) electrons. The third-order valence-electron chi connectivity index (χ3n) is 3.03. The second-order valence-electron chi connectivity index (χ2n) is 4.41. The van der Waals surface area contributed by atoms with Crippen molar-refractivity contribution >= 4 is 17.2 Å². The maximum Gasteiger partial charge on any atom is 0.242 e. The van der Waals surface area contributed by atoms with Crippen LogP contribution in [-0.4, -0.2) is 5.91 Å². The first kappa shape index (κ1) is 14.3. The Labute approximate surface area is 122 Å². The predicted molar refractivity (Wildman–Crippen MR) is 80.3 cm³/mol. The van der Waals surface area contributed by atoms with Gasteiger partial charge in [0, 0.05) is 9.75 Å². The first-order chi connectivity index (χ1) is 9.74. The lowest BCUT2D eigenvalue weighted by Gasteiger charge is -2.09. The minimum atomic E-state index is -0.748. The number of nitrogens with zero attached hydrogens (tertiary/aromatic N) is 1. The van der Waals surface area contributed by atoms with Crippen LogP contribution in [0.1, 0.15) is 28.2 Å². The zero-order chi connectivity index (χ0) is 14.4. The third kappa shape index (κ3) is 3.46. The number of thiophene rings is 1. The van der Waals surface area contributed by atoms with Crippen molar-refractivity contribution in [1.82, 2.24) is 5.32 Å². The van der Waals surface area contributed by atoms with Crippen LogP contribution in [-0.2, 0) is 17.8 Å². The van der Waals surface area contributed by atoms with Crippen LogP contribution in [0.3, 0.4) is 0 Å². The molecule has 2 aromatic rings. The lowest BCUT2D eigenvalue weighted by Crippen LogP contribution is -2.27. The molecule has 0 aliphatic carbocycles. The Morgan fingerprint density at radius 1 is 1.25 bits per heavy atom. The van der Waals surface area contributed by atoms with Gasteiger partial charge >= 0.3 is 0 Å². The number of amides is 1. The summed E-state index contributed by atoms with van der Waals surface area (Å²) in [7, 11) is 0. The minimum Gasteiger partial charge on any atom is -0.350 e. The number of nitrogens with one attached hydrogen (secondary N) is 1. The molecule has 1 N–H and O–H groups in total. The number of nitriles is 1. The van der Waals surface area contributed by atoms with Gasteiger partial charge in [-0.15, -0.1) is 11.3 Å². The number of carbonyl (C=O) groups excluding carboxylic acids is 1. The normalized spacial score (nSPS) is 11.6. The molecule has 1 atom stereocenters. The largest absolute Gasteiger partial charge is 0.350 e. The standard InChI is InChI=1S/C16H16N2OS/c1-2-13-8-9-14(20-13)11-18-16(19)15(10-17)12-6-4-3-5-7-12/h3-9,15H,2,11H2,1H3,(H,18,19). The maximum absolute atomic E-state index is 12.1. The van der Waals surface area contributed by atoms with Crippen molar-refractivity contribution in [2.45, 2.75) is 25.8 Å². The molecule has 1 amide bonds. The van der Waals surface area contributed by atoms with Crippen LogP contribution in [0.25, 0.3) is 0 Å². The van der Waals surface area contributed by atoms with E-state index in [-0.39, 0.29) is 5.91 Å². The van der Waals surface area contributed by atoms with E-state index in [1.54, 1.807) is 23.5 Å². The van der Waals surface area contributed by atoms with Crippen molar-refractivity contribution in [2.24, 2.45) is 0 Å². The molecule has 102 valence electrons. The van der Waals surface area contributed by atoms with Crippen LogP contribution >= 0.6 is 11.3 Å². The van der Waals surface area contributed by atoms with E-state index in [2.05, 4.69) is 24.4 Å². The highest BCUT2D eigenvalue weighted by molar-refractivity contribution is 7.11. The van der Waals surface area contributed by atoms with Gasteiger partial charge in [0.05, 0.1) is 12.6 Å². The van der Waals surface area contributed by atoms with Crippen LogP contribution in [0.5, 0.6) is 0 Å². The second kappa shape index (κ2) is 6.88. The second-order valence-corrected chi connectivity index (χ2v) is 5.67. The summed E-state index contributed by atoms with van der Waals surface area (Å²) in [4.78, 5) is 14.5. The van der Waals surface area contributed by atoms with E-state index in [4.69, 9.17) is 0 Å². The van der Waals surface area contributed by atoms with Crippen molar-refractivity contribution in [3.8, 4) is 6.07 Å². The number of hydrogen-bond acceptors (Lipinski definition) is 3. The Morgan fingerprint density at radius 3 is 2.55 bits per heavy atom. The maximum atomic E-state index is 12.1. The molecular formula is C16H16N2OS. The molecule has 2 rings (SSSR count). The molecule has 1 heterocycles. The Bertz CT molecular complexity index is 613. The fraction of sp³-hybridized carbons (Fsp3) is 0.250. The quantitative estimate of drug-likeness (QED) is 0.916. The molecule has 1 unspecified atom stereocenters. The summed E-state index contributed by atoms with van der Waals surface area (Å²) >= 11 is 1.69. The third-order valence-corrected chi connectivity index (χ3v) is 4.26. The molecule has 4 heteroatoms. The zero-order valence-electron chi connectivity index (χ0n) is 11.3. The first-order valence-electron chi connectivity index (χ1n) is 6.54. The van der Waals surface area contributed by atoms with Gasteiger partial charge in [-0.2, -0.15) is 5.26 Å². The van der Waals surface area contributed by atoms with Crippen molar-refractivity contribution in [3.63, 3.8) is 0 Å². The molecule has 3 nitrogen and oxygen atoms in total. The van der Waals surface area contributed by atoms with E-state index in [9.17, 15) is 10.1 Å². The van der Waals surface area contributed by atoms with Gasteiger partial charge in [-0.05, 0) is 24.1 Å². The first-order valence-corrected chi connectivity index (χ1v) is 7.36. The Morgan fingerprint density at radius 2 is 1.95 bits per heavy atom. The smallest absolute Gasteiger partial charge is 0.242 e. The number of aryl methyl sites for hydroxylation is 1. The molecule has 0 spiro atoms. The van der Waals surface area contributed by atoms with Gasteiger partial charge in [0.2, 0.25) is 5.91 Å². The van der Waals surface area contributed by atoms with Gasteiger partial charge in [0.25, 0.3) is 0 Å². The van der Waals surface area contributed by atoms with E-state index >= 15 is 0 Å². The Hall–Kier alpha value is -2.12. The average molecular weight is 284 g/mol.